The van der Waals surface area contributed by atoms with E-state index in [9.17, 15) is 9.59 Å². The molecular weight excluding hydrogens is 292 g/mol. The number of rotatable bonds is 5. The van der Waals surface area contributed by atoms with Crippen LogP contribution in [0.2, 0.25) is 0 Å². The topological polar surface area (TPSA) is 76.0 Å². The Morgan fingerprint density at radius 1 is 1.43 bits per heavy atom. The maximum absolute atomic E-state index is 11.8. The lowest BCUT2D eigenvalue weighted by molar-refractivity contribution is -0.121. The summed E-state index contributed by atoms with van der Waals surface area (Å²) in [5.74, 6) is 1.80. The summed E-state index contributed by atoms with van der Waals surface area (Å²) in [5, 5.41) is 9.15. The lowest BCUT2D eigenvalue weighted by Crippen LogP contribution is -2.31. The number of benzene rings is 1. The average molecular weight is 308 g/mol. The molecule has 2 N–H and O–H groups in total. The summed E-state index contributed by atoms with van der Waals surface area (Å²) >= 11 is 0. The van der Waals surface area contributed by atoms with E-state index in [-0.39, 0.29) is 18.4 Å². The predicted octanol–water partition coefficient (Wildman–Crippen LogP) is 1.17. The van der Waals surface area contributed by atoms with Crippen molar-refractivity contribution in [1.82, 2.24) is 15.1 Å². The van der Waals surface area contributed by atoms with Crippen molar-refractivity contribution in [2.45, 2.75) is 0 Å². The molecule has 0 saturated carbocycles. The normalized spacial score (nSPS) is 10.3. The van der Waals surface area contributed by atoms with Gasteiger partial charge < -0.3 is 10.6 Å². The lowest BCUT2D eigenvalue weighted by Gasteiger charge is -2.06. The van der Waals surface area contributed by atoms with E-state index in [4.69, 9.17) is 6.42 Å². The lowest BCUT2D eigenvalue weighted by atomic mass is 10.2. The van der Waals surface area contributed by atoms with Gasteiger partial charge in [0.15, 0.2) is 0 Å². The average Bonchev–Trinajstić information content (AvgIpc) is 2.96. The van der Waals surface area contributed by atoms with E-state index in [0.717, 1.165) is 5.56 Å². The largest absolute Gasteiger partial charge is 0.343 e. The Balaban J connectivity index is 1.80. The SMILES string of the molecule is C#Cc1cccc(NC(=O)CNC(=O)/C=C/c2cnn(C)c2)c1. The van der Waals surface area contributed by atoms with Crippen LogP contribution in [0.15, 0.2) is 42.7 Å². The first-order valence-electron chi connectivity index (χ1n) is 6.88. The minimum atomic E-state index is -0.360. The fraction of sp³-hybridized carbons (Fsp3) is 0.118. The predicted molar refractivity (Wildman–Crippen MR) is 88.3 cm³/mol. The van der Waals surface area contributed by atoms with Crippen LogP contribution < -0.4 is 10.6 Å². The van der Waals surface area contributed by atoms with Crippen molar-refractivity contribution < 1.29 is 9.59 Å². The molecule has 0 fully saturated rings. The molecule has 0 atom stereocenters. The van der Waals surface area contributed by atoms with Gasteiger partial charge in [-0.25, -0.2) is 0 Å². The van der Waals surface area contributed by atoms with E-state index in [1.807, 2.05) is 0 Å². The zero-order valence-electron chi connectivity index (χ0n) is 12.6. The highest BCUT2D eigenvalue weighted by atomic mass is 16.2. The van der Waals surface area contributed by atoms with Gasteiger partial charge in [0.1, 0.15) is 0 Å². The summed E-state index contributed by atoms with van der Waals surface area (Å²) in [6.07, 6.45) is 11.7. The number of nitrogens with one attached hydrogen (secondary N) is 2. The molecule has 2 rings (SSSR count). The van der Waals surface area contributed by atoms with Crippen LogP contribution in [0.1, 0.15) is 11.1 Å². The first kappa shape index (κ1) is 16.0. The Morgan fingerprint density at radius 2 is 2.26 bits per heavy atom. The molecule has 0 aliphatic heterocycles. The van der Waals surface area contributed by atoms with Gasteiger partial charge in [0.25, 0.3) is 0 Å². The van der Waals surface area contributed by atoms with Gasteiger partial charge in [0, 0.05) is 36.1 Å². The summed E-state index contributed by atoms with van der Waals surface area (Å²) in [4.78, 5) is 23.4. The van der Waals surface area contributed by atoms with Gasteiger partial charge >= 0.3 is 0 Å². The molecule has 1 aromatic carbocycles. The third-order valence-electron chi connectivity index (χ3n) is 2.89. The van der Waals surface area contributed by atoms with Crippen LogP contribution in [0.4, 0.5) is 5.69 Å². The molecule has 0 aliphatic carbocycles. The van der Waals surface area contributed by atoms with E-state index >= 15 is 0 Å². The highest BCUT2D eigenvalue weighted by molar-refractivity contribution is 5.98. The van der Waals surface area contributed by atoms with Crippen LogP contribution in [0.3, 0.4) is 0 Å². The van der Waals surface area contributed by atoms with Crippen LogP contribution in [-0.4, -0.2) is 28.1 Å². The molecule has 2 aromatic rings. The number of hydrogen-bond donors (Lipinski definition) is 2. The smallest absolute Gasteiger partial charge is 0.244 e. The van der Waals surface area contributed by atoms with Crippen LogP contribution in [-0.2, 0) is 16.6 Å². The first-order chi connectivity index (χ1) is 11.1. The van der Waals surface area contributed by atoms with Gasteiger partial charge in [0.2, 0.25) is 11.8 Å². The molecule has 6 heteroatoms. The molecule has 6 nitrogen and oxygen atoms in total. The Kier molecular flexibility index (Phi) is 5.31. The second kappa shape index (κ2) is 7.61. The minimum absolute atomic E-state index is 0.128. The summed E-state index contributed by atoms with van der Waals surface area (Å²) < 4.78 is 1.63. The summed E-state index contributed by atoms with van der Waals surface area (Å²) in [5.41, 5.74) is 2.06. The molecular formula is C17H16N4O2. The third kappa shape index (κ3) is 5.17. The Labute approximate surface area is 134 Å². The molecule has 0 bridgehead atoms. The van der Waals surface area contributed by atoms with Gasteiger partial charge in [-0.15, -0.1) is 6.42 Å². The highest BCUT2D eigenvalue weighted by Crippen LogP contribution is 2.09. The van der Waals surface area contributed by atoms with Crippen molar-refractivity contribution in [2.75, 3.05) is 11.9 Å². The molecule has 0 unspecified atom stereocenters. The molecule has 1 heterocycles. The van der Waals surface area contributed by atoms with Crippen LogP contribution in [0.25, 0.3) is 6.08 Å². The number of amides is 2. The zero-order valence-corrected chi connectivity index (χ0v) is 12.6. The number of carbonyl (C=O) groups is 2. The summed E-state index contributed by atoms with van der Waals surface area (Å²) in [6, 6.07) is 6.92. The van der Waals surface area contributed by atoms with Crippen molar-refractivity contribution >= 4 is 23.6 Å². The first-order valence-corrected chi connectivity index (χ1v) is 6.88. The van der Waals surface area contributed by atoms with Crippen molar-refractivity contribution in [3.8, 4) is 12.3 Å². The van der Waals surface area contributed by atoms with E-state index in [1.54, 1.807) is 54.5 Å². The Morgan fingerprint density at radius 3 is 2.96 bits per heavy atom. The maximum atomic E-state index is 11.8. The third-order valence-corrected chi connectivity index (χ3v) is 2.89. The molecule has 1 aromatic heterocycles. The van der Waals surface area contributed by atoms with Crippen molar-refractivity contribution in [1.29, 1.82) is 0 Å². The number of anilines is 1. The molecule has 0 spiro atoms. The number of carbonyl (C=O) groups excluding carboxylic acids is 2. The quantitative estimate of drug-likeness (QED) is 0.643. The van der Waals surface area contributed by atoms with Gasteiger partial charge in [-0.05, 0) is 24.3 Å². The Hall–Kier alpha value is -3.33. The van der Waals surface area contributed by atoms with E-state index in [1.165, 1.54) is 6.08 Å². The van der Waals surface area contributed by atoms with Crippen molar-refractivity contribution in [3.05, 3.63) is 53.9 Å². The standard InChI is InChI=1S/C17H16N4O2/c1-3-13-5-4-6-15(9-13)20-17(23)11-18-16(22)8-7-14-10-19-21(2)12-14/h1,4-10,12H,11H2,2H3,(H,18,22)(H,20,23)/b8-7+. The number of aromatic nitrogens is 2. The molecule has 2 amide bonds. The maximum Gasteiger partial charge on any atom is 0.244 e. The summed E-state index contributed by atoms with van der Waals surface area (Å²) in [7, 11) is 1.79. The van der Waals surface area contributed by atoms with Gasteiger partial charge in [0.05, 0.1) is 12.7 Å². The fourth-order valence-electron chi connectivity index (χ4n) is 1.82. The molecule has 0 saturated heterocycles. The van der Waals surface area contributed by atoms with E-state index in [0.29, 0.717) is 11.3 Å². The van der Waals surface area contributed by atoms with Crippen LogP contribution in [0, 0.1) is 12.3 Å². The summed E-state index contributed by atoms with van der Waals surface area (Å²) in [6.45, 7) is -0.128. The second-order valence-electron chi connectivity index (χ2n) is 4.77. The zero-order chi connectivity index (χ0) is 16.7. The molecule has 116 valence electrons. The molecule has 23 heavy (non-hydrogen) atoms. The van der Waals surface area contributed by atoms with E-state index < -0.39 is 0 Å². The van der Waals surface area contributed by atoms with Crippen molar-refractivity contribution in [2.24, 2.45) is 7.05 Å². The number of terminal acetylenes is 1. The highest BCUT2D eigenvalue weighted by Gasteiger charge is 2.04. The van der Waals surface area contributed by atoms with Crippen molar-refractivity contribution in [3.63, 3.8) is 0 Å². The minimum Gasteiger partial charge on any atom is -0.343 e. The second-order valence-corrected chi connectivity index (χ2v) is 4.77. The van der Waals surface area contributed by atoms with Gasteiger partial charge in [-0.1, -0.05) is 12.0 Å². The number of aryl methyl sites for hydroxylation is 1. The Bertz CT molecular complexity index is 784. The monoisotopic (exact) mass is 308 g/mol. The van der Waals surface area contributed by atoms with Gasteiger partial charge in [-0.2, -0.15) is 5.10 Å². The molecule has 0 radical (unpaired) electrons. The molecule has 0 aliphatic rings. The van der Waals surface area contributed by atoms with E-state index in [2.05, 4.69) is 21.7 Å². The van der Waals surface area contributed by atoms with Crippen LogP contribution in [0.5, 0.6) is 0 Å². The number of hydrogen-bond acceptors (Lipinski definition) is 3. The van der Waals surface area contributed by atoms with Gasteiger partial charge in [-0.3, -0.25) is 14.3 Å². The van der Waals surface area contributed by atoms with Crippen LogP contribution >= 0.6 is 0 Å². The number of nitrogens with zero attached hydrogens (tertiary/aromatic N) is 2. The fourth-order valence-corrected chi connectivity index (χ4v) is 1.82.